The van der Waals surface area contributed by atoms with Gasteiger partial charge in [-0.05, 0) is 15.9 Å². The molecule has 0 unspecified atom stereocenters. The summed E-state index contributed by atoms with van der Waals surface area (Å²) < 4.78 is 0.853. The molecule has 0 spiro atoms. The first-order valence-electron chi connectivity index (χ1n) is 3.36. The van der Waals surface area contributed by atoms with E-state index in [0.717, 1.165) is 4.47 Å². The van der Waals surface area contributed by atoms with Crippen molar-refractivity contribution in [3.63, 3.8) is 0 Å². The Morgan fingerprint density at radius 1 is 1.42 bits per heavy atom. The molecule has 0 aliphatic rings. The molecule has 0 saturated heterocycles. The molecule has 4 nitrogen and oxygen atoms in total. The number of halogens is 1. The molecule has 5 heteroatoms. The monoisotopic (exact) mass is 228 g/mol. The van der Waals surface area contributed by atoms with Crippen LogP contribution in [0.15, 0.2) is 21.9 Å². The SMILES string of the molecule is CN(C)/C=N\c1ncc(Br)cn1. The van der Waals surface area contributed by atoms with E-state index >= 15 is 0 Å². The highest BCUT2D eigenvalue weighted by atomic mass is 79.9. The largest absolute Gasteiger partial charge is 0.369 e. The third kappa shape index (κ3) is 2.96. The average molecular weight is 229 g/mol. The third-order valence-electron chi connectivity index (χ3n) is 1.01. The Kier molecular flexibility index (Phi) is 3.16. The van der Waals surface area contributed by atoms with E-state index in [1.54, 1.807) is 18.7 Å². The molecule has 0 aromatic carbocycles. The first-order valence-corrected chi connectivity index (χ1v) is 4.16. The Bertz CT molecular complexity index is 267. The van der Waals surface area contributed by atoms with Crippen molar-refractivity contribution in [2.45, 2.75) is 0 Å². The minimum Gasteiger partial charge on any atom is -0.369 e. The predicted octanol–water partition coefficient (Wildman–Crippen LogP) is 1.46. The maximum Gasteiger partial charge on any atom is 0.250 e. The number of nitrogens with zero attached hydrogens (tertiary/aromatic N) is 4. The van der Waals surface area contributed by atoms with Crippen LogP contribution in [0, 0.1) is 0 Å². The zero-order valence-electron chi connectivity index (χ0n) is 6.90. The van der Waals surface area contributed by atoms with Gasteiger partial charge in [-0.15, -0.1) is 0 Å². The lowest BCUT2D eigenvalue weighted by molar-refractivity contribution is 0.642. The van der Waals surface area contributed by atoms with E-state index in [9.17, 15) is 0 Å². The van der Waals surface area contributed by atoms with Crippen molar-refractivity contribution in [2.24, 2.45) is 4.99 Å². The van der Waals surface area contributed by atoms with Gasteiger partial charge in [-0.25, -0.2) is 15.0 Å². The first kappa shape index (κ1) is 9.12. The fraction of sp³-hybridized carbons (Fsp3) is 0.286. The van der Waals surface area contributed by atoms with Gasteiger partial charge in [-0.1, -0.05) is 0 Å². The quantitative estimate of drug-likeness (QED) is 0.569. The van der Waals surface area contributed by atoms with Crippen molar-refractivity contribution >= 4 is 28.2 Å². The molecule has 0 saturated carbocycles. The van der Waals surface area contributed by atoms with E-state index in [-0.39, 0.29) is 0 Å². The fourth-order valence-electron chi connectivity index (χ4n) is 0.539. The predicted molar refractivity (Wildman–Crippen MR) is 51.6 cm³/mol. The van der Waals surface area contributed by atoms with Gasteiger partial charge in [0.15, 0.2) is 0 Å². The van der Waals surface area contributed by atoms with E-state index in [1.807, 2.05) is 19.0 Å². The molecular formula is C7H9BrN4. The summed E-state index contributed by atoms with van der Waals surface area (Å²) in [7, 11) is 3.78. The van der Waals surface area contributed by atoms with Gasteiger partial charge in [0.25, 0.3) is 5.95 Å². The second-order valence-electron chi connectivity index (χ2n) is 2.41. The van der Waals surface area contributed by atoms with Crippen LogP contribution in [0.25, 0.3) is 0 Å². The van der Waals surface area contributed by atoms with Crippen molar-refractivity contribution in [1.82, 2.24) is 14.9 Å². The summed E-state index contributed by atoms with van der Waals surface area (Å²) in [5.74, 6) is 0.465. The molecule has 0 bridgehead atoms. The minimum atomic E-state index is 0.465. The zero-order chi connectivity index (χ0) is 8.97. The first-order chi connectivity index (χ1) is 5.68. The summed E-state index contributed by atoms with van der Waals surface area (Å²) in [5, 5.41) is 0. The fourth-order valence-corrected chi connectivity index (χ4v) is 0.744. The Balaban J connectivity index is 2.71. The van der Waals surface area contributed by atoms with Crippen LogP contribution in [0.1, 0.15) is 0 Å². The van der Waals surface area contributed by atoms with E-state index in [2.05, 4.69) is 30.9 Å². The number of aromatic nitrogens is 2. The molecule has 1 heterocycles. The van der Waals surface area contributed by atoms with Gasteiger partial charge in [0.05, 0.1) is 10.8 Å². The summed E-state index contributed by atoms with van der Waals surface area (Å²) in [6.45, 7) is 0. The highest BCUT2D eigenvalue weighted by molar-refractivity contribution is 9.10. The van der Waals surface area contributed by atoms with E-state index in [0.29, 0.717) is 5.95 Å². The molecule has 0 aliphatic heterocycles. The molecule has 0 aliphatic carbocycles. The summed E-state index contributed by atoms with van der Waals surface area (Å²) in [6.07, 6.45) is 4.98. The van der Waals surface area contributed by atoms with Crippen molar-refractivity contribution in [1.29, 1.82) is 0 Å². The van der Waals surface area contributed by atoms with Gasteiger partial charge in [0, 0.05) is 26.5 Å². The van der Waals surface area contributed by atoms with Crippen LogP contribution in [0.3, 0.4) is 0 Å². The molecule has 1 aromatic rings. The van der Waals surface area contributed by atoms with Crippen LogP contribution in [0.2, 0.25) is 0 Å². The number of aliphatic imine (C=N–C) groups is 1. The molecule has 0 radical (unpaired) electrons. The Labute approximate surface area is 79.5 Å². The number of hydrogen-bond acceptors (Lipinski definition) is 3. The maximum absolute atomic E-state index is 4.00. The molecule has 1 rings (SSSR count). The topological polar surface area (TPSA) is 41.4 Å². The van der Waals surface area contributed by atoms with Crippen molar-refractivity contribution < 1.29 is 0 Å². The summed E-state index contributed by atoms with van der Waals surface area (Å²) in [4.78, 5) is 13.8. The Morgan fingerprint density at radius 3 is 2.50 bits per heavy atom. The van der Waals surface area contributed by atoms with Crippen LogP contribution in [-0.4, -0.2) is 35.3 Å². The van der Waals surface area contributed by atoms with Crippen molar-refractivity contribution in [2.75, 3.05) is 14.1 Å². The number of hydrogen-bond donors (Lipinski definition) is 0. The smallest absolute Gasteiger partial charge is 0.250 e. The van der Waals surface area contributed by atoms with Gasteiger partial charge < -0.3 is 4.90 Å². The maximum atomic E-state index is 4.00. The summed E-state index contributed by atoms with van der Waals surface area (Å²) >= 11 is 3.24. The lowest BCUT2D eigenvalue weighted by atomic mass is 10.7. The van der Waals surface area contributed by atoms with Gasteiger partial charge >= 0.3 is 0 Å². The van der Waals surface area contributed by atoms with Gasteiger partial charge in [0.2, 0.25) is 0 Å². The van der Waals surface area contributed by atoms with Crippen LogP contribution in [0.4, 0.5) is 5.95 Å². The highest BCUT2D eigenvalue weighted by Gasteiger charge is 1.90. The molecule has 0 amide bonds. The molecular weight excluding hydrogens is 220 g/mol. The highest BCUT2D eigenvalue weighted by Crippen LogP contribution is 2.08. The second-order valence-corrected chi connectivity index (χ2v) is 3.33. The molecule has 1 aromatic heterocycles. The second kappa shape index (κ2) is 4.15. The lowest BCUT2D eigenvalue weighted by Gasteiger charge is -2.00. The van der Waals surface area contributed by atoms with E-state index < -0.39 is 0 Å². The van der Waals surface area contributed by atoms with Crippen LogP contribution >= 0.6 is 15.9 Å². The van der Waals surface area contributed by atoms with Crippen LogP contribution < -0.4 is 0 Å². The third-order valence-corrected chi connectivity index (χ3v) is 1.42. The minimum absolute atomic E-state index is 0.465. The van der Waals surface area contributed by atoms with Crippen molar-refractivity contribution in [3.8, 4) is 0 Å². The van der Waals surface area contributed by atoms with Gasteiger partial charge in [0.1, 0.15) is 0 Å². The standard InChI is InChI=1S/C7H9BrN4/c1-12(2)5-11-7-9-3-6(8)4-10-7/h3-5H,1-2H3/b11-5-. The molecule has 0 fully saturated rings. The summed E-state index contributed by atoms with van der Waals surface area (Å²) in [5.41, 5.74) is 0. The molecule has 12 heavy (non-hydrogen) atoms. The zero-order valence-corrected chi connectivity index (χ0v) is 8.48. The molecule has 64 valence electrons. The van der Waals surface area contributed by atoms with Gasteiger partial charge in [-0.2, -0.15) is 0 Å². The Hall–Kier alpha value is -0.970. The van der Waals surface area contributed by atoms with E-state index in [4.69, 9.17) is 0 Å². The van der Waals surface area contributed by atoms with Crippen molar-refractivity contribution in [3.05, 3.63) is 16.9 Å². The average Bonchev–Trinajstić information content (AvgIpc) is 2.03. The van der Waals surface area contributed by atoms with E-state index in [1.165, 1.54) is 0 Å². The van der Waals surface area contributed by atoms with Crippen LogP contribution in [-0.2, 0) is 0 Å². The Morgan fingerprint density at radius 2 is 2.00 bits per heavy atom. The summed E-state index contributed by atoms with van der Waals surface area (Å²) in [6, 6.07) is 0. The molecule has 0 N–H and O–H groups in total. The number of rotatable bonds is 2. The molecule has 0 atom stereocenters. The van der Waals surface area contributed by atoms with Gasteiger partial charge in [-0.3, -0.25) is 0 Å². The normalized spacial score (nSPS) is 10.6. The van der Waals surface area contributed by atoms with Crippen LogP contribution in [0.5, 0.6) is 0 Å². The lowest BCUT2D eigenvalue weighted by Crippen LogP contribution is -2.07.